The van der Waals surface area contributed by atoms with E-state index >= 15 is 0 Å². The first-order chi connectivity index (χ1) is 12.3. The van der Waals surface area contributed by atoms with E-state index in [1.54, 1.807) is 0 Å². The van der Waals surface area contributed by atoms with Gasteiger partial charge in [0.25, 0.3) is 0 Å². The Morgan fingerprint density at radius 2 is 1.32 bits per heavy atom. The second kappa shape index (κ2) is 7.47. The molecular formula is C23H23NS. The minimum Gasteiger partial charge on any atom is -0.302 e. The van der Waals surface area contributed by atoms with E-state index in [1.807, 2.05) is 11.8 Å². The van der Waals surface area contributed by atoms with Crippen LogP contribution in [-0.4, -0.2) is 18.5 Å². The lowest BCUT2D eigenvalue weighted by Crippen LogP contribution is -2.22. The quantitative estimate of drug-likeness (QED) is 0.574. The van der Waals surface area contributed by atoms with Gasteiger partial charge < -0.3 is 4.90 Å². The molecule has 0 unspecified atom stereocenters. The number of rotatable bonds is 5. The molecule has 0 fully saturated rings. The Labute approximate surface area is 154 Å². The van der Waals surface area contributed by atoms with E-state index in [0.717, 1.165) is 19.5 Å². The first-order valence-corrected chi connectivity index (χ1v) is 9.71. The van der Waals surface area contributed by atoms with Gasteiger partial charge in [-0.25, -0.2) is 0 Å². The van der Waals surface area contributed by atoms with Crippen LogP contribution in [0.15, 0.2) is 88.7 Å². The zero-order valence-corrected chi connectivity index (χ0v) is 15.4. The van der Waals surface area contributed by atoms with E-state index < -0.39 is 0 Å². The smallest absolute Gasteiger partial charge is 0.0230 e. The molecule has 0 saturated heterocycles. The number of hydrogen-bond acceptors (Lipinski definition) is 2. The maximum Gasteiger partial charge on any atom is 0.0230 e. The number of benzene rings is 3. The lowest BCUT2D eigenvalue weighted by atomic mass is 9.88. The Morgan fingerprint density at radius 1 is 0.760 bits per heavy atom. The normalized spacial score (nSPS) is 13.5. The summed E-state index contributed by atoms with van der Waals surface area (Å²) in [5.41, 5.74) is 4.35. The molecule has 3 aromatic rings. The molecule has 1 nitrogen and oxygen atoms in total. The molecule has 4 rings (SSSR count). The van der Waals surface area contributed by atoms with Gasteiger partial charge in [0.2, 0.25) is 0 Å². The van der Waals surface area contributed by atoms with Crippen molar-refractivity contribution in [3.63, 3.8) is 0 Å². The predicted octanol–water partition coefficient (Wildman–Crippen LogP) is 5.81. The Kier molecular flexibility index (Phi) is 4.91. The maximum atomic E-state index is 2.43. The molecule has 25 heavy (non-hydrogen) atoms. The van der Waals surface area contributed by atoms with Crippen LogP contribution in [0.5, 0.6) is 0 Å². The third-order valence-electron chi connectivity index (χ3n) is 4.90. The highest BCUT2D eigenvalue weighted by Gasteiger charge is 2.25. The first kappa shape index (κ1) is 16.4. The summed E-state index contributed by atoms with van der Waals surface area (Å²) in [6.07, 6.45) is 1.15. The lowest BCUT2D eigenvalue weighted by Gasteiger charge is -2.29. The summed E-state index contributed by atoms with van der Waals surface area (Å²) in [5, 5.41) is 0. The molecule has 0 aliphatic carbocycles. The summed E-state index contributed by atoms with van der Waals surface area (Å²) >= 11 is 1.91. The Hall–Kier alpha value is -2.03. The molecule has 2 heteroatoms. The van der Waals surface area contributed by atoms with Crippen LogP contribution >= 0.6 is 11.8 Å². The Bertz CT molecular complexity index is 798. The van der Waals surface area contributed by atoms with Crippen LogP contribution in [0, 0.1) is 0 Å². The van der Waals surface area contributed by atoms with Crippen LogP contribution in [-0.2, 0) is 6.54 Å². The zero-order chi connectivity index (χ0) is 17.1. The number of nitrogens with zero attached hydrogens (tertiary/aromatic N) is 1. The number of fused-ring (bicyclic) bond motifs is 2. The molecule has 3 aromatic carbocycles. The van der Waals surface area contributed by atoms with Gasteiger partial charge in [0.1, 0.15) is 0 Å². The summed E-state index contributed by atoms with van der Waals surface area (Å²) < 4.78 is 0. The molecule has 0 saturated carbocycles. The third-order valence-corrected chi connectivity index (χ3v) is 6.09. The van der Waals surface area contributed by atoms with Crippen molar-refractivity contribution < 1.29 is 0 Å². The van der Waals surface area contributed by atoms with Crippen LogP contribution < -0.4 is 0 Å². The summed E-state index contributed by atoms with van der Waals surface area (Å²) in [7, 11) is 2.22. The van der Waals surface area contributed by atoms with Crippen LogP contribution in [0.1, 0.15) is 29.0 Å². The van der Waals surface area contributed by atoms with Crippen LogP contribution in [0.2, 0.25) is 0 Å². The van der Waals surface area contributed by atoms with Gasteiger partial charge in [-0.05, 0) is 48.8 Å². The third kappa shape index (κ3) is 3.65. The fraction of sp³-hybridized carbons (Fsp3) is 0.217. The molecule has 0 aromatic heterocycles. The second-order valence-electron chi connectivity index (χ2n) is 6.74. The van der Waals surface area contributed by atoms with Crippen LogP contribution in [0.4, 0.5) is 0 Å². The van der Waals surface area contributed by atoms with Gasteiger partial charge in [0.05, 0.1) is 0 Å². The van der Waals surface area contributed by atoms with E-state index in [-0.39, 0.29) is 0 Å². The molecule has 0 radical (unpaired) electrons. The van der Waals surface area contributed by atoms with E-state index in [1.165, 1.54) is 26.5 Å². The first-order valence-electron chi connectivity index (χ1n) is 8.89. The van der Waals surface area contributed by atoms with Gasteiger partial charge in [0.15, 0.2) is 0 Å². The van der Waals surface area contributed by atoms with Crippen LogP contribution in [0.25, 0.3) is 0 Å². The zero-order valence-electron chi connectivity index (χ0n) is 14.6. The SMILES string of the molecule is CN(CCC1c2ccccc2Sc2ccccc21)Cc1ccccc1. The van der Waals surface area contributed by atoms with Gasteiger partial charge in [-0.1, -0.05) is 78.5 Å². The van der Waals surface area contributed by atoms with Crippen molar-refractivity contribution in [2.75, 3.05) is 13.6 Å². The van der Waals surface area contributed by atoms with Crippen molar-refractivity contribution in [2.45, 2.75) is 28.7 Å². The molecule has 1 heterocycles. The fourth-order valence-corrected chi connectivity index (χ4v) is 4.83. The summed E-state index contributed by atoms with van der Waals surface area (Å²) in [5.74, 6) is 0.492. The molecule has 0 spiro atoms. The average molecular weight is 346 g/mol. The summed E-state index contributed by atoms with van der Waals surface area (Å²) in [6.45, 7) is 2.10. The van der Waals surface area contributed by atoms with Gasteiger partial charge in [-0.2, -0.15) is 0 Å². The van der Waals surface area contributed by atoms with Crippen molar-refractivity contribution in [3.8, 4) is 0 Å². The minimum absolute atomic E-state index is 0.492. The van der Waals surface area contributed by atoms with Crippen LogP contribution in [0.3, 0.4) is 0 Å². The molecule has 126 valence electrons. The van der Waals surface area contributed by atoms with Crippen molar-refractivity contribution in [1.29, 1.82) is 0 Å². The van der Waals surface area contributed by atoms with Gasteiger partial charge in [-0.3, -0.25) is 0 Å². The Morgan fingerprint density at radius 3 is 1.96 bits per heavy atom. The van der Waals surface area contributed by atoms with Crippen molar-refractivity contribution in [1.82, 2.24) is 4.90 Å². The monoisotopic (exact) mass is 345 g/mol. The van der Waals surface area contributed by atoms with Crippen molar-refractivity contribution in [2.24, 2.45) is 0 Å². The molecule has 0 N–H and O–H groups in total. The highest BCUT2D eigenvalue weighted by atomic mass is 32.2. The molecule has 1 aliphatic heterocycles. The molecular weight excluding hydrogens is 322 g/mol. The topological polar surface area (TPSA) is 3.24 Å². The molecule has 0 bridgehead atoms. The summed E-state index contributed by atoms with van der Waals surface area (Å²) in [6, 6.07) is 28.5. The minimum atomic E-state index is 0.492. The van der Waals surface area contributed by atoms with Gasteiger partial charge in [-0.15, -0.1) is 0 Å². The largest absolute Gasteiger partial charge is 0.302 e. The summed E-state index contributed by atoms with van der Waals surface area (Å²) in [4.78, 5) is 5.26. The van der Waals surface area contributed by atoms with E-state index in [4.69, 9.17) is 0 Å². The standard InChI is InChI=1S/C23H23NS/c1-24(17-18-9-3-2-4-10-18)16-15-19-20-11-5-7-13-22(20)25-23-14-8-6-12-21(19)23/h2-14,19H,15-17H2,1H3. The highest BCUT2D eigenvalue weighted by Crippen LogP contribution is 2.46. The molecule has 0 amide bonds. The maximum absolute atomic E-state index is 2.43. The van der Waals surface area contributed by atoms with E-state index in [9.17, 15) is 0 Å². The fourth-order valence-electron chi connectivity index (χ4n) is 3.64. The predicted molar refractivity (Wildman–Crippen MR) is 106 cm³/mol. The number of hydrogen-bond donors (Lipinski definition) is 0. The second-order valence-corrected chi connectivity index (χ2v) is 7.83. The van der Waals surface area contributed by atoms with Crippen molar-refractivity contribution in [3.05, 3.63) is 95.6 Å². The lowest BCUT2D eigenvalue weighted by molar-refractivity contribution is 0.315. The van der Waals surface area contributed by atoms with Gasteiger partial charge >= 0.3 is 0 Å². The molecule has 0 atom stereocenters. The molecule has 1 aliphatic rings. The average Bonchev–Trinajstić information content (AvgIpc) is 2.66. The van der Waals surface area contributed by atoms with E-state index in [2.05, 4.69) is 90.8 Å². The highest BCUT2D eigenvalue weighted by molar-refractivity contribution is 7.99. The van der Waals surface area contributed by atoms with Gasteiger partial charge in [0, 0.05) is 22.3 Å². The Balaban J connectivity index is 1.52. The van der Waals surface area contributed by atoms with E-state index in [0.29, 0.717) is 5.92 Å². The van der Waals surface area contributed by atoms with Crippen molar-refractivity contribution >= 4 is 11.8 Å².